The van der Waals surface area contributed by atoms with E-state index < -0.39 is 0 Å². The van der Waals surface area contributed by atoms with Crippen LogP contribution in [0.15, 0.2) is 42.5 Å². The highest BCUT2D eigenvalue weighted by Crippen LogP contribution is 2.37. The standard InChI is InChI=1S/C21H23N5O/c1-4-22-12-14-7-10-16-17(11-14)24-21(23-16)19-20(27)18(25-26(19)3)15-8-5-13(2)6-9-15/h5-11,22,27H,4,12H2,1-3H3,(H,23,24). The van der Waals surface area contributed by atoms with Crippen molar-refractivity contribution in [2.75, 3.05) is 6.54 Å². The molecule has 0 spiro atoms. The van der Waals surface area contributed by atoms with Crippen molar-refractivity contribution in [2.45, 2.75) is 20.4 Å². The molecule has 0 amide bonds. The normalized spacial score (nSPS) is 11.4. The summed E-state index contributed by atoms with van der Waals surface area (Å²) in [6.45, 7) is 5.86. The lowest BCUT2D eigenvalue weighted by Crippen LogP contribution is -2.11. The Balaban J connectivity index is 1.76. The molecule has 0 fully saturated rings. The van der Waals surface area contributed by atoms with E-state index >= 15 is 0 Å². The van der Waals surface area contributed by atoms with Gasteiger partial charge in [0, 0.05) is 19.2 Å². The molecular formula is C21H23N5O. The van der Waals surface area contributed by atoms with Gasteiger partial charge in [-0.15, -0.1) is 0 Å². The number of imidazole rings is 1. The zero-order valence-corrected chi connectivity index (χ0v) is 15.7. The van der Waals surface area contributed by atoms with Crippen LogP contribution >= 0.6 is 0 Å². The molecular weight excluding hydrogens is 338 g/mol. The molecule has 0 saturated heterocycles. The fourth-order valence-electron chi connectivity index (χ4n) is 3.23. The first-order valence-electron chi connectivity index (χ1n) is 9.09. The van der Waals surface area contributed by atoms with Gasteiger partial charge in [0.1, 0.15) is 11.4 Å². The van der Waals surface area contributed by atoms with Crippen molar-refractivity contribution in [1.29, 1.82) is 0 Å². The highest BCUT2D eigenvalue weighted by molar-refractivity contribution is 5.82. The number of nitrogens with one attached hydrogen (secondary N) is 2. The van der Waals surface area contributed by atoms with Crippen LogP contribution in [0.2, 0.25) is 0 Å². The summed E-state index contributed by atoms with van der Waals surface area (Å²) in [5.41, 5.74) is 6.18. The van der Waals surface area contributed by atoms with Gasteiger partial charge < -0.3 is 15.4 Å². The summed E-state index contributed by atoms with van der Waals surface area (Å²) in [5.74, 6) is 0.741. The predicted octanol–water partition coefficient (Wildman–Crippen LogP) is 3.75. The van der Waals surface area contributed by atoms with Crippen LogP contribution in [0.3, 0.4) is 0 Å². The number of hydrogen-bond donors (Lipinski definition) is 3. The number of benzene rings is 2. The number of aromatic amines is 1. The van der Waals surface area contributed by atoms with E-state index in [1.807, 2.05) is 44.3 Å². The van der Waals surface area contributed by atoms with Crippen LogP contribution in [0.4, 0.5) is 0 Å². The predicted molar refractivity (Wildman–Crippen MR) is 108 cm³/mol. The molecule has 0 saturated carbocycles. The smallest absolute Gasteiger partial charge is 0.173 e. The molecule has 4 aromatic rings. The molecule has 2 heterocycles. The monoisotopic (exact) mass is 361 g/mol. The van der Waals surface area contributed by atoms with Gasteiger partial charge in [0.2, 0.25) is 0 Å². The number of aromatic nitrogens is 4. The van der Waals surface area contributed by atoms with Crippen LogP contribution in [-0.2, 0) is 13.6 Å². The molecule has 0 aliphatic heterocycles. The number of hydrogen-bond acceptors (Lipinski definition) is 4. The molecule has 6 heteroatoms. The van der Waals surface area contributed by atoms with Gasteiger partial charge in [0.15, 0.2) is 11.6 Å². The minimum atomic E-state index is 0.133. The zero-order valence-electron chi connectivity index (χ0n) is 15.7. The Bertz CT molecular complexity index is 1090. The second kappa shape index (κ2) is 6.89. The van der Waals surface area contributed by atoms with Crippen molar-refractivity contribution in [3.63, 3.8) is 0 Å². The lowest BCUT2D eigenvalue weighted by atomic mass is 10.1. The molecule has 0 unspecified atom stereocenters. The van der Waals surface area contributed by atoms with E-state index in [0.29, 0.717) is 17.2 Å². The van der Waals surface area contributed by atoms with Crippen LogP contribution in [0, 0.1) is 6.92 Å². The summed E-state index contributed by atoms with van der Waals surface area (Å²) in [4.78, 5) is 7.97. The average Bonchev–Trinajstić information content (AvgIpc) is 3.20. The summed E-state index contributed by atoms with van der Waals surface area (Å²) in [7, 11) is 1.82. The first kappa shape index (κ1) is 17.3. The van der Waals surface area contributed by atoms with Crippen LogP contribution in [0.5, 0.6) is 5.75 Å². The third-order valence-electron chi connectivity index (χ3n) is 4.70. The quantitative estimate of drug-likeness (QED) is 0.506. The number of H-pyrrole nitrogens is 1. The molecule has 0 bridgehead atoms. The van der Waals surface area contributed by atoms with Gasteiger partial charge in [-0.1, -0.05) is 42.8 Å². The maximum absolute atomic E-state index is 10.8. The minimum absolute atomic E-state index is 0.133. The molecule has 0 aliphatic carbocycles. The first-order valence-corrected chi connectivity index (χ1v) is 9.09. The number of nitrogens with zero attached hydrogens (tertiary/aromatic N) is 3. The van der Waals surface area contributed by atoms with Gasteiger partial charge in [0.05, 0.1) is 11.0 Å². The van der Waals surface area contributed by atoms with E-state index in [9.17, 15) is 5.11 Å². The summed E-state index contributed by atoms with van der Waals surface area (Å²) in [6, 6.07) is 14.1. The van der Waals surface area contributed by atoms with Crippen molar-refractivity contribution >= 4 is 11.0 Å². The fraction of sp³-hybridized carbons (Fsp3) is 0.238. The molecule has 2 aromatic heterocycles. The minimum Gasteiger partial charge on any atom is -0.504 e. The summed E-state index contributed by atoms with van der Waals surface area (Å²) < 4.78 is 1.67. The van der Waals surface area contributed by atoms with E-state index in [4.69, 9.17) is 0 Å². The fourth-order valence-corrected chi connectivity index (χ4v) is 3.23. The van der Waals surface area contributed by atoms with Gasteiger partial charge in [-0.3, -0.25) is 4.68 Å². The Kier molecular flexibility index (Phi) is 4.41. The first-order chi connectivity index (χ1) is 13.1. The molecule has 3 N–H and O–H groups in total. The highest BCUT2D eigenvalue weighted by Gasteiger charge is 2.21. The van der Waals surface area contributed by atoms with Crippen molar-refractivity contribution < 1.29 is 5.11 Å². The molecule has 0 radical (unpaired) electrons. The van der Waals surface area contributed by atoms with Gasteiger partial charge in [-0.2, -0.15) is 5.10 Å². The molecule has 138 valence electrons. The van der Waals surface area contributed by atoms with Crippen molar-refractivity contribution in [3.8, 4) is 28.5 Å². The van der Waals surface area contributed by atoms with Crippen molar-refractivity contribution in [2.24, 2.45) is 7.05 Å². The Labute approximate surface area is 157 Å². The maximum atomic E-state index is 10.8. The van der Waals surface area contributed by atoms with Gasteiger partial charge in [-0.25, -0.2) is 4.98 Å². The van der Waals surface area contributed by atoms with E-state index in [2.05, 4.69) is 39.4 Å². The van der Waals surface area contributed by atoms with Gasteiger partial charge in [-0.05, 0) is 31.2 Å². The number of fused-ring (bicyclic) bond motifs is 1. The third kappa shape index (κ3) is 3.19. The van der Waals surface area contributed by atoms with E-state index in [-0.39, 0.29) is 5.75 Å². The van der Waals surface area contributed by atoms with E-state index in [0.717, 1.165) is 29.7 Å². The molecule has 2 aromatic carbocycles. The second-order valence-corrected chi connectivity index (χ2v) is 6.75. The molecule has 6 nitrogen and oxygen atoms in total. The van der Waals surface area contributed by atoms with Crippen LogP contribution < -0.4 is 5.32 Å². The number of rotatable bonds is 5. The van der Waals surface area contributed by atoms with Crippen molar-refractivity contribution in [1.82, 2.24) is 25.1 Å². The summed E-state index contributed by atoms with van der Waals surface area (Å²) in [6.07, 6.45) is 0. The maximum Gasteiger partial charge on any atom is 0.173 e. The molecule has 0 aliphatic rings. The van der Waals surface area contributed by atoms with Crippen LogP contribution in [-0.4, -0.2) is 31.4 Å². The Morgan fingerprint density at radius 3 is 2.67 bits per heavy atom. The summed E-state index contributed by atoms with van der Waals surface area (Å²) in [5, 5.41) is 18.7. The molecule has 4 rings (SSSR count). The number of aromatic hydroxyl groups is 1. The Morgan fingerprint density at radius 2 is 1.93 bits per heavy atom. The lowest BCUT2D eigenvalue weighted by molar-refractivity contribution is 0.478. The SMILES string of the molecule is CCNCc1ccc2nc(-c3c(O)c(-c4ccc(C)cc4)nn3C)[nH]c2c1. The highest BCUT2D eigenvalue weighted by atomic mass is 16.3. The lowest BCUT2D eigenvalue weighted by Gasteiger charge is -2.01. The average molecular weight is 361 g/mol. The van der Waals surface area contributed by atoms with Crippen LogP contribution in [0.25, 0.3) is 33.8 Å². The largest absolute Gasteiger partial charge is 0.504 e. The second-order valence-electron chi connectivity index (χ2n) is 6.75. The Morgan fingerprint density at radius 1 is 1.15 bits per heavy atom. The van der Waals surface area contributed by atoms with E-state index in [1.165, 1.54) is 11.1 Å². The third-order valence-corrected chi connectivity index (χ3v) is 4.70. The summed E-state index contributed by atoms with van der Waals surface area (Å²) >= 11 is 0. The zero-order chi connectivity index (χ0) is 19.0. The Hall–Kier alpha value is -3.12. The van der Waals surface area contributed by atoms with Crippen molar-refractivity contribution in [3.05, 3.63) is 53.6 Å². The van der Waals surface area contributed by atoms with Gasteiger partial charge in [0.25, 0.3) is 0 Å². The molecule has 27 heavy (non-hydrogen) atoms. The van der Waals surface area contributed by atoms with E-state index in [1.54, 1.807) is 4.68 Å². The topological polar surface area (TPSA) is 78.8 Å². The van der Waals surface area contributed by atoms with Gasteiger partial charge >= 0.3 is 0 Å². The number of aryl methyl sites for hydroxylation is 2. The molecule has 0 atom stereocenters. The van der Waals surface area contributed by atoms with Crippen LogP contribution in [0.1, 0.15) is 18.1 Å².